The van der Waals surface area contributed by atoms with E-state index in [-0.39, 0.29) is 5.91 Å². The molecule has 138 valence electrons. The van der Waals surface area contributed by atoms with Crippen molar-refractivity contribution < 1.29 is 4.79 Å². The number of nitrogens with zero attached hydrogens (tertiary/aromatic N) is 3. The summed E-state index contributed by atoms with van der Waals surface area (Å²) >= 11 is 0. The van der Waals surface area contributed by atoms with Crippen LogP contribution in [0.15, 0.2) is 36.5 Å². The van der Waals surface area contributed by atoms with Crippen molar-refractivity contribution in [2.24, 2.45) is 0 Å². The third-order valence-corrected chi connectivity index (χ3v) is 4.98. The van der Waals surface area contributed by atoms with Crippen LogP contribution in [0, 0.1) is 6.92 Å². The van der Waals surface area contributed by atoms with Crippen molar-refractivity contribution in [2.45, 2.75) is 26.7 Å². The Labute approximate surface area is 156 Å². The van der Waals surface area contributed by atoms with Gasteiger partial charge in [-0.1, -0.05) is 32.0 Å². The Kier molecular flexibility index (Phi) is 5.57. The number of aromatic nitrogens is 1. The Morgan fingerprint density at radius 2 is 1.85 bits per heavy atom. The number of rotatable bonds is 4. The number of hydrogen-bond donors (Lipinski definition) is 1. The maximum Gasteiger partial charge on any atom is 0.255 e. The van der Waals surface area contributed by atoms with Crippen LogP contribution in [0.3, 0.4) is 0 Å². The molecule has 3 rings (SSSR count). The van der Waals surface area contributed by atoms with Gasteiger partial charge >= 0.3 is 0 Å². The number of amides is 1. The summed E-state index contributed by atoms with van der Waals surface area (Å²) in [6.07, 6.45) is 1.68. The number of anilines is 2. The van der Waals surface area contributed by atoms with Crippen LogP contribution in [0.5, 0.6) is 0 Å². The third-order valence-electron chi connectivity index (χ3n) is 4.98. The van der Waals surface area contributed by atoms with Crippen molar-refractivity contribution >= 4 is 17.4 Å². The smallest absolute Gasteiger partial charge is 0.255 e. The van der Waals surface area contributed by atoms with Crippen LogP contribution in [-0.2, 0) is 0 Å². The molecule has 2 heterocycles. The first-order valence-electron chi connectivity index (χ1n) is 9.26. The lowest BCUT2D eigenvalue weighted by atomic mass is 9.98. The predicted octanol–water partition coefficient (Wildman–Crippen LogP) is 3.64. The van der Waals surface area contributed by atoms with Gasteiger partial charge in [-0.15, -0.1) is 0 Å². The zero-order chi connectivity index (χ0) is 18.7. The molecular weight excluding hydrogens is 324 g/mol. The molecule has 1 amide bonds. The number of para-hydroxylation sites is 1. The number of carbonyl (C=O) groups excluding carboxylic acids is 1. The van der Waals surface area contributed by atoms with Crippen molar-refractivity contribution in [3.63, 3.8) is 0 Å². The molecule has 1 aliphatic rings. The van der Waals surface area contributed by atoms with Gasteiger partial charge in [-0.3, -0.25) is 4.79 Å². The van der Waals surface area contributed by atoms with Crippen LogP contribution < -0.4 is 5.32 Å². The molecule has 0 aliphatic carbocycles. The lowest BCUT2D eigenvalue weighted by Crippen LogP contribution is -2.47. The first-order chi connectivity index (χ1) is 12.5. The van der Waals surface area contributed by atoms with Crippen LogP contribution in [0.25, 0.3) is 0 Å². The van der Waals surface area contributed by atoms with Crippen molar-refractivity contribution in [2.75, 3.05) is 38.5 Å². The monoisotopic (exact) mass is 352 g/mol. The molecule has 26 heavy (non-hydrogen) atoms. The summed E-state index contributed by atoms with van der Waals surface area (Å²) in [5.41, 5.74) is 4.21. The van der Waals surface area contributed by atoms with E-state index in [2.05, 4.69) is 61.2 Å². The molecule has 5 heteroatoms. The number of benzene rings is 1. The minimum Gasteiger partial charge on any atom is -0.340 e. The third kappa shape index (κ3) is 4.05. The van der Waals surface area contributed by atoms with Crippen LogP contribution in [-0.4, -0.2) is 53.9 Å². The SMILES string of the molecule is Cc1cccc(C(C)C)c1Nc1ccc(C(=O)N2CCN(C)CC2)cn1. The summed E-state index contributed by atoms with van der Waals surface area (Å²) in [5.74, 6) is 1.25. The van der Waals surface area contributed by atoms with Crippen LogP contribution in [0.4, 0.5) is 11.5 Å². The maximum absolute atomic E-state index is 12.6. The number of nitrogens with one attached hydrogen (secondary N) is 1. The molecule has 0 unspecified atom stereocenters. The summed E-state index contributed by atoms with van der Waals surface area (Å²) < 4.78 is 0. The van der Waals surface area contributed by atoms with Gasteiger partial charge < -0.3 is 15.1 Å². The normalized spacial score (nSPS) is 15.3. The highest BCUT2D eigenvalue weighted by molar-refractivity contribution is 5.94. The summed E-state index contributed by atoms with van der Waals surface area (Å²) in [5, 5.41) is 3.43. The Bertz CT molecular complexity index is 762. The highest BCUT2D eigenvalue weighted by Gasteiger charge is 2.20. The van der Waals surface area contributed by atoms with Gasteiger partial charge in [0.25, 0.3) is 5.91 Å². The Hall–Kier alpha value is -2.40. The number of aryl methyl sites for hydroxylation is 1. The van der Waals surface area contributed by atoms with E-state index in [9.17, 15) is 4.79 Å². The quantitative estimate of drug-likeness (QED) is 0.913. The van der Waals surface area contributed by atoms with Gasteiger partial charge in [-0.2, -0.15) is 0 Å². The second-order valence-corrected chi connectivity index (χ2v) is 7.35. The fourth-order valence-corrected chi connectivity index (χ4v) is 3.26. The first-order valence-corrected chi connectivity index (χ1v) is 9.26. The summed E-state index contributed by atoms with van der Waals surface area (Å²) in [6, 6.07) is 10.1. The van der Waals surface area contributed by atoms with Crippen molar-refractivity contribution in [3.05, 3.63) is 53.2 Å². The molecule has 0 bridgehead atoms. The molecule has 0 saturated carbocycles. The number of hydrogen-bond acceptors (Lipinski definition) is 4. The number of pyridine rings is 1. The summed E-state index contributed by atoms with van der Waals surface area (Å²) in [7, 11) is 2.08. The number of likely N-dealkylation sites (N-methyl/N-ethyl adjacent to an activating group) is 1. The zero-order valence-corrected chi connectivity index (χ0v) is 16.1. The van der Waals surface area contributed by atoms with Gasteiger partial charge in [0.05, 0.1) is 5.56 Å². The van der Waals surface area contributed by atoms with Gasteiger partial charge in [-0.05, 0) is 43.1 Å². The molecule has 1 aliphatic heterocycles. The predicted molar refractivity (Wildman–Crippen MR) is 106 cm³/mol. The van der Waals surface area contributed by atoms with Gasteiger partial charge in [0.15, 0.2) is 0 Å². The van der Waals surface area contributed by atoms with Crippen molar-refractivity contribution in [1.82, 2.24) is 14.8 Å². The largest absolute Gasteiger partial charge is 0.340 e. The van der Waals surface area contributed by atoms with E-state index in [1.807, 2.05) is 17.0 Å². The van der Waals surface area contributed by atoms with E-state index < -0.39 is 0 Å². The van der Waals surface area contributed by atoms with Crippen molar-refractivity contribution in [1.29, 1.82) is 0 Å². The molecule has 0 radical (unpaired) electrons. The van der Waals surface area contributed by atoms with E-state index >= 15 is 0 Å². The zero-order valence-electron chi connectivity index (χ0n) is 16.1. The summed E-state index contributed by atoms with van der Waals surface area (Å²) in [6.45, 7) is 9.86. The maximum atomic E-state index is 12.6. The fraction of sp³-hybridized carbons (Fsp3) is 0.429. The molecule has 2 aromatic rings. The lowest BCUT2D eigenvalue weighted by Gasteiger charge is -2.32. The summed E-state index contributed by atoms with van der Waals surface area (Å²) in [4.78, 5) is 21.2. The molecule has 1 saturated heterocycles. The Morgan fingerprint density at radius 3 is 2.46 bits per heavy atom. The molecular formula is C21H28N4O. The Morgan fingerprint density at radius 1 is 1.12 bits per heavy atom. The molecule has 5 nitrogen and oxygen atoms in total. The second kappa shape index (κ2) is 7.87. The standard InChI is InChI=1S/C21H28N4O/c1-15(2)18-7-5-6-16(3)20(18)23-19-9-8-17(14-22-19)21(26)25-12-10-24(4)11-13-25/h5-9,14-15H,10-13H2,1-4H3,(H,22,23). The molecule has 0 atom stereocenters. The van der Waals surface area contributed by atoms with Crippen LogP contribution in [0.2, 0.25) is 0 Å². The molecule has 1 aromatic heterocycles. The second-order valence-electron chi connectivity index (χ2n) is 7.35. The minimum absolute atomic E-state index is 0.0657. The van der Waals surface area contributed by atoms with Crippen molar-refractivity contribution in [3.8, 4) is 0 Å². The average Bonchev–Trinajstić information content (AvgIpc) is 2.64. The highest BCUT2D eigenvalue weighted by atomic mass is 16.2. The van der Waals surface area contributed by atoms with Gasteiger partial charge in [0, 0.05) is 38.1 Å². The van der Waals surface area contributed by atoms with E-state index in [0.717, 1.165) is 37.7 Å². The van der Waals surface area contributed by atoms with E-state index in [1.54, 1.807) is 6.20 Å². The number of carbonyl (C=O) groups is 1. The lowest BCUT2D eigenvalue weighted by molar-refractivity contribution is 0.0663. The highest BCUT2D eigenvalue weighted by Crippen LogP contribution is 2.29. The topological polar surface area (TPSA) is 48.5 Å². The van der Waals surface area contributed by atoms with E-state index in [4.69, 9.17) is 0 Å². The van der Waals surface area contributed by atoms with Gasteiger partial charge in [0.1, 0.15) is 5.82 Å². The first kappa shape index (κ1) is 18.4. The van der Waals surface area contributed by atoms with E-state index in [1.165, 1.54) is 11.1 Å². The molecule has 1 aromatic carbocycles. The van der Waals surface area contributed by atoms with E-state index in [0.29, 0.717) is 11.5 Å². The van der Waals surface area contributed by atoms with Crippen LogP contribution in [0.1, 0.15) is 41.3 Å². The van der Waals surface area contributed by atoms with Gasteiger partial charge in [0.2, 0.25) is 0 Å². The van der Waals surface area contributed by atoms with Crippen LogP contribution >= 0.6 is 0 Å². The van der Waals surface area contributed by atoms with Gasteiger partial charge in [-0.25, -0.2) is 4.98 Å². The fourth-order valence-electron chi connectivity index (χ4n) is 3.26. The number of piperazine rings is 1. The Balaban J connectivity index is 1.74. The average molecular weight is 352 g/mol. The molecule has 1 fully saturated rings. The minimum atomic E-state index is 0.0657. The molecule has 1 N–H and O–H groups in total. The molecule has 0 spiro atoms.